The second-order valence-electron chi connectivity index (χ2n) is 11.9. The van der Waals surface area contributed by atoms with Crippen LogP contribution in [-0.2, 0) is 26.2 Å². The predicted molar refractivity (Wildman–Crippen MR) is 179 cm³/mol. The van der Waals surface area contributed by atoms with Crippen molar-refractivity contribution in [3.8, 4) is 11.4 Å². The molecule has 2 aromatic carbocycles. The van der Waals surface area contributed by atoms with Gasteiger partial charge >= 0.3 is 0 Å². The van der Waals surface area contributed by atoms with Gasteiger partial charge in [0.05, 0.1) is 17.5 Å². The SMILES string of the molecule is CSCC[C@@H]1NC(=O)CCCN(C(=O)c2cc(C)c(C)c(S(N)(=O)=O)c2)CCn2nc(-c3ccccc3)nc2[C@@H](C(C)C)NC1=O. The van der Waals surface area contributed by atoms with Gasteiger partial charge in [0.25, 0.3) is 5.91 Å². The molecule has 4 rings (SSSR count). The Kier molecular flexibility index (Phi) is 11.6. The van der Waals surface area contributed by atoms with E-state index in [9.17, 15) is 22.8 Å². The number of aryl methyl sites for hydroxylation is 1. The average Bonchev–Trinajstić information content (AvgIpc) is 3.43. The summed E-state index contributed by atoms with van der Waals surface area (Å²) in [5.41, 5.74) is 2.09. The third kappa shape index (κ3) is 8.53. The largest absolute Gasteiger partial charge is 0.344 e. The molecule has 0 aliphatic carbocycles. The van der Waals surface area contributed by atoms with E-state index in [2.05, 4.69) is 10.6 Å². The quantitative estimate of drug-likeness (QED) is 0.345. The van der Waals surface area contributed by atoms with Crippen molar-refractivity contribution in [1.29, 1.82) is 0 Å². The number of hydrogen-bond acceptors (Lipinski definition) is 8. The van der Waals surface area contributed by atoms with E-state index in [1.165, 1.54) is 6.07 Å². The number of primary sulfonamides is 1. The van der Waals surface area contributed by atoms with Gasteiger partial charge in [0.1, 0.15) is 6.04 Å². The van der Waals surface area contributed by atoms with Crippen LogP contribution in [0.5, 0.6) is 0 Å². The number of thioether (sulfide) groups is 1. The van der Waals surface area contributed by atoms with E-state index in [0.29, 0.717) is 41.4 Å². The molecule has 0 fully saturated rings. The summed E-state index contributed by atoms with van der Waals surface area (Å²) in [6.07, 6.45) is 2.83. The van der Waals surface area contributed by atoms with Gasteiger partial charge in [0, 0.05) is 30.6 Å². The molecule has 1 aromatic heterocycles. The maximum Gasteiger partial charge on any atom is 0.253 e. The molecule has 2 heterocycles. The van der Waals surface area contributed by atoms with Crippen LogP contribution >= 0.6 is 11.8 Å². The highest BCUT2D eigenvalue weighted by Gasteiger charge is 2.30. The number of nitrogens with two attached hydrogens (primary N) is 1. The first-order valence-corrected chi connectivity index (χ1v) is 18.3. The number of nitrogens with zero attached hydrogens (tertiary/aromatic N) is 4. The molecule has 3 aromatic rings. The molecule has 2 atom stereocenters. The number of fused-ring (bicyclic) bond motifs is 1. The van der Waals surface area contributed by atoms with Crippen molar-refractivity contribution < 1.29 is 22.8 Å². The van der Waals surface area contributed by atoms with Gasteiger partial charge < -0.3 is 15.5 Å². The number of benzene rings is 2. The van der Waals surface area contributed by atoms with Gasteiger partial charge in [-0.1, -0.05) is 44.2 Å². The van der Waals surface area contributed by atoms with E-state index in [1.807, 2.05) is 50.4 Å². The van der Waals surface area contributed by atoms with Crippen LogP contribution in [0.2, 0.25) is 0 Å². The highest BCUT2D eigenvalue weighted by Crippen LogP contribution is 2.26. The number of sulfonamides is 1. The highest BCUT2D eigenvalue weighted by atomic mass is 32.2. The summed E-state index contributed by atoms with van der Waals surface area (Å²) in [5.74, 6) is 0.649. The zero-order valence-corrected chi connectivity index (χ0v) is 28.6. The van der Waals surface area contributed by atoms with E-state index >= 15 is 0 Å². The van der Waals surface area contributed by atoms with Crippen LogP contribution in [0.4, 0.5) is 0 Å². The Bertz CT molecular complexity index is 1680. The molecule has 46 heavy (non-hydrogen) atoms. The molecule has 0 saturated heterocycles. The zero-order chi connectivity index (χ0) is 33.6. The maximum absolute atomic E-state index is 14.0. The Morgan fingerprint density at radius 1 is 1.09 bits per heavy atom. The molecule has 3 amide bonds. The van der Waals surface area contributed by atoms with Gasteiger partial charge in [0.2, 0.25) is 21.8 Å². The number of carbonyl (C=O) groups excluding carboxylic acids is 3. The van der Waals surface area contributed by atoms with Crippen molar-refractivity contribution in [2.24, 2.45) is 11.1 Å². The summed E-state index contributed by atoms with van der Waals surface area (Å²) in [6.45, 7) is 7.99. The third-order valence-corrected chi connectivity index (χ3v) is 9.79. The van der Waals surface area contributed by atoms with Gasteiger partial charge in [-0.2, -0.15) is 16.9 Å². The van der Waals surface area contributed by atoms with Gasteiger partial charge in [-0.15, -0.1) is 0 Å². The highest BCUT2D eigenvalue weighted by molar-refractivity contribution is 7.98. The number of hydrogen-bond donors (Lipinski definition) is 3. The summed E-state index contributed by atoms with van der Waals surface area (Å²) in [4.78, 5) is 47.0. The van der Waals surface area contributed by atoms with Crippen LogP contribution in [0.1, 0.15) is 66.5 Å². The molecule has 4 N–H and O–H groups in total. The first-order valence-electron chi connectivity index (χ1n) is 15.3. The fourth-order valence-corrected chi connectivity index (χ4v) is 6.75. The second-order valence-corrected chi connectivity index (χ2v) is 14.4. The molecule has 0 bridgehead atoms. The lowest BCUT2D eigenvalue weighted by molar-refractivity contribution is -0.129. The molecule has 1 aliphatic rings. The smallest absolute Gasteiger partial charge is 0.253 e. The molecule has 12 nitrogen and oxygen atoms in total. The fraction of sp³-hybridized carbons (Fsp3) is 0.469. The lowest BCUT2D eigenvalue weighted by Crippen LogP contribution is -2.49. The number of rotatable bonds is 7. The van der Waals surface area contributed by atoms with E-state index in [1.54, 1.807) is 41.3 Å². The normalized spacial score (nSPS) is 18.5. The third-order valence-electron chi connectivity index (χ3n) is 8.11. The molecular formula is C32H43N7O5S2. The standard InChI is InChI=1S/C32H43N7O5S2/c1-20(2)28-30-36-29(23-10-7-6-8-11-23)37-39(30)16-15-38(14-9-12-27(40)34-25(13-17-45-5)31(41)35-28)32(42)24-18-21(3)22(4)26(19-24)46(33,43)44/h6-8,10-11,18-20,25,28H,9,12-17H2,1-5H3,(H,34,40)(H,35,41)(H2,33,43,44)/t25-,28+/m0/s1. The van der Waals surface area contributed by atoms with E-state index in [-0.39, 0.29) is 54.2 Å². The van der Waals surface area contributed by atoms with Crippen LogP contribution in [0.3, 0.4) is 0 Å². The monoisotopic (exact) mass is 669 g/mol. The molecule has 248 valence electrons. The van der Waals surface area contributed by atoms with Crippen LogP contribution in [0.15, 0.2) is 47.4 Å². The summed E-state index contributed by atoms with van der Waals surface area (Å²) in [7, 11) is -4.07. The molecule has 0 spiro atoms. The van der Waals surface area contributed by atoms with E-state index < -0.39 is 28.0 Å². The number of amides is 3. The number of nitrogens with one attached hydrogen (secondary N) is 2. The Hall–Kier alpha value is -3.75. The maximum atomic E-state index is 14.0. The van der Waals surface area contributed by atoms with Crippen LogP contribution in [-0.4, -0.2) is 76.9 Å². The lowest BCUT2D eigenvalue weighted by Gasteiger charge is -2.28. The van der Waals surface area contributed by atoms with Crippen molar-refractivity contribution in [2.75, 3.05) is 25.1 Å². The van der Waals surface area contributed by atoms with E-state index in [4.69, 9.17) is 15.2 Å². The van der Waals surface area contributed by atoms with Crippen molar-refractivity contribution in [2.45, 2.75) is 70.5 Å². The van der Waals surface area contributed by atoms with Crippen molar-refractivity contribution in [3.63, 3.8) is 0 Å². The minimum Gasteiger partial charge on any atom is -0.344 e. The minimum atomic E-state index is -4.07. The molecule has 0 unspecified atom stereocenters. The summed E-state index contributed by atoms with van der Waals surface area (Å²) >= 11 is 1.59. The van der Waals surface area contributed by atoms with Crippen molar-refractivity contribution in [3.05, 3.63) is 65.0 Å². The van der Waals surface area contributed by atoms with Crippen molar-refractivity contribution in [1.82, 2.24) is 30.3 Å². The van der Waals surface area contributed by atoms with Gasteiger partial charge in [-0.3, -0.25) is 14.4 Å². The molecular weight excluding hydrogens is 627 g/mol. The molecule has 0 saturated carbocycles. The first kappa shape index (κ1) is 35.1. The zero-order valence-electron chi connectivity index (χ0n) is 26.9. The Morgan fingerprint density at radius 3 is 2.46 bits per heavy atom. The summed E-state index contributed by atoms with van der Waals surface area (Å²) < 4.78 is 26.4. The predicted octanol–water partition coefficient (Wildman–Crippen LogP) is 3.20. The molecule has 0 radical (unpaired) electrons. The van der Waals surface area contributed by atoms with Crippen molar-refractivity contribution >= 4 is 39.5 Å². The lowest BCUT2D eigenvalue weighted by atomic mass is 10.0. The van der Waals surface area contributed by atoms with Gasteiger partial charge in [0.15, 0.2) is 11.6 Å². The number of aromatic nitrogens is 3. The Morgan fingerprint density at radius 2 is 1.80 bits per heavy atom. The van der Waals surface area contributed by atoms with Gasteiger partial charge in [-0.25, -0.2) is 23.2 Å². The Balaban J connectivity index is 1.78. The molecule has 14 heteroatoms. The minimum absolute atomic E-state index is 0.0785. The summed E-state index contributed by atoms with van der Waals surface area (Å²) in [5, 5.41) is 16.3. The number of carbonyl (C=O) groups is 3. The van der Waals surface area contributed by atoms with Gasteiger partial charge in [-0.05, 0) is 67.9 Å². The van der Waals surface area contributed by atoms with Crippen LogP contribution in [0, 0.1) is 19.8 Å². The van der Waals surface area contributed by atoms with Crippen LogP contribution in [0.25, 0.3) is 11.4 Å². The second kappa shape index (κ2) is 15.2. The average molecular weight is 670 g/mol. The Labute approximate surface area is 275 Å². The van der Waals surface area contributed by atoms with E-state index in [0.717, 1.165) is 5.56 Å². The first-order chi connectivity index (χ1) is 21.8. The fourth-order valence-electron chi connectivity index (χ4n) is 5.40. The summed E-state index contributed by atoms with van der Waals surface area (Å²) in [6, 6.07) is 11.2. The molecule has 1 aliphatic heterocycles. The topological polar surface area (TPSA) is 169 Å². The van der Waals surface area contributed by atoms with Crippen LogP contribution < -0.4 is 15.8 Å².